The first kappa shape index (κ1) is 22.9. The highest BCUT2D eigenvalue weighted by Gasteiger charge is 2.23. The first-order chi connectivity index (χ1) is 14.9. The van der Waals surface area contributed by atoms with Crippen LogP contribution in [0.2, 0.25) is 0 Å². The number of anilines is 2. The fraction of sp³-hybridized carbons (Fsp3) is 0.455. The van der Waals surface area contributed by atoms with Crippen molar-refractivity contribution >= 4 is 39.9 Å². The monoisotopic (exact) mass is 444 g/mol. The summed E-state index contributed by atoms with van der Waals surface area (Å²) in [5.74, 6) is -0.820. The molecule has 166 valence electrons. The molecule has 2 heterocycles. The van der Waals surface area contributed by atoms with Crippen LogP contribution in [0.15, 0.2) is 29.8 Å². The van der Waals surface area contributed by atoms with Gasteiger partial charge in [0.05, 0.1) is 6.10 Å². The minimum Gasteiger partial charge on any atom is -0.376 e. The van der Waals surface area contributed by atoms with Gasteiger partial charge in [-0.2, -0.15) is 0 Å². The molecule has 0 aliphatic carbocycles. The Labute approximate surface area is 186 Å². The van der Waals surface area contributed by atoms with Crippen molar-refractivity contribution in [3.05, 3.63) is 40.9 Å². The lowest BCUT2D eigenvalue weighted by molar-refractivity contribution is -0.125. The summed E-state index contributed by atoms with van der Waals surface area (Å²) in [6.45, 7) is 4.88. The van der Waals surface area contributed by atoms with Crippen LogP contribution in [0.5, 0.6) is 0 Å². The average Bonchev–Trinajstić information content (AvgIpc) is 3.45. The van der Waals surface area contributed by atoms with Crippen LogP contribution in [0, 0.1) is 13.8 Å². The van der Waals surface area contributed by atoms with Gasteiger partial charge in [0.2, 0.25) is 17.7 Å². The van der Waals surface area contributed by atoms with Gasteiger partial charge in [-0.25, -0.2) is 4.98 Å². The molecule has 0 saturated carbocycles. The zero-order valence-corrected chi connectivity index (χ0v) is 18.7. The number of nitrogens with one attached hydrogen (secondary N) is 2. The van der Waals surface area contributed by atoms with Gasteiger partial charge in [-0.1, -0.05) is 12.1 Å². The summed E-state index contributed by atoms with van der Waals surface area (Å²) in [6.07, 6.45) is 3.55. The number of ether oxygens (including phenoxy) is 1. The van der Waals surface area contributed by atoms with E-state index in [9.17, 15) is 14.4 Å². The van der Waals surface area contributed by atoms with Crippen molar-refractivity contribution in [1.82, 2.24) is 10.3 Å². The van der Waals surface area contributed by atoms with Crippen LogP contribution in [0.3, 0.4) is 0 Å². The summed E-state index contributed by atoms with van der Waals surface area (Å²) in [6, 6.07) is 5.76. The van der Waals surface area contributed by atoms with Gasteiger partial charge in [-0.05, 0) is 43.9 Å². The summed E-state index contributed by atoms with van der Waals surface area (Å²) in [5, 5.41) is 7.80. The molecule has 0 radical (unpaired) electrons. The summed E-state index contributed by atoms with van der Waals surface area (Å²) in [4.78, 5) is 43.3. The lowest BCUT2D eigenvalue weighted by Gasteiger charge is -2.25. The van der Waals surface area contributed by atoms with E-state index < -0.39 is 0 Å². The Morgan fingerprint density at radius 2 is 2.06 bits per heavy atom. The number of aromatic nitrogens is 1. The smallest absolute Gasteiger partial charge is 0.240 e. The molecule has 2 aromatic rings. The zero-order valence-electron chi connectivity index (χ0n) is 17.8. The van der Waals surface area contributed by atoms with Crippen LogP contribution in [0.4, 0.5) is 10.8 Å². The van der Waals surface area contributed by atoms with E-state index in [0.717, 1.165) is 30.6 Å². The molecular formula is C22H28N4O4S. The van der Waals surface area contributed by atoms with Crippen LogP contribution in [-0.4, -0.2) is 48.5 Å². The molecule has 1 aliphatic heterocycles. The fourth-order valence-electron chi connectivity index (χ4n) is 3.37. The second-order valence-corrected chi connectivity index (χ2v) is 8.49. The summed E-state index contributed by atoms with van der Waals surface area (Å²) >= 11 is 1.31. The third kappa shape index (κ3) is 6.86. The van der Waals surface area contributed by atoms with E-state index in [1.54, 1.807) is 11.6 Å². The molecule has 9 heteroatoms. The largest absolute Gasteiger partial charge is 0.376 e. The molecular weight excluding hydrogens is 416 g/mol. The molecule has 1 aromatic carbocycles. The summed E-state index contributed by atoms with van der Waals surface area (Å²) in [7, 11) is 0. The van der Waals surface area contributed by atoms with Gasteiger partial charge >= 0.3 is 0 Å². The number of nitrogens with zero attached hydrogens (tertiary/aromatic N) is 2. The first-order valence-electron chi connectivity index (χ1n) is 10.4. The van der Waals surface area contributed by atoms with Crippen LogP contribution in [-0.2, 0) is 19.1 Å². The van der Waals surface area contributed by atoms with Gasteiger partial charge in [0.25, 0.3) is 0 Å². The number of carbonyl (C=O) groups excluding carboxylic acids is 3. The molecule has 2 N–H and O–H groups in total. The second kappa shape index (κ2) is 11.0. The number of hydrogen-bond acceptors (Lipinski definition) is 6. The number of rotatable bonds is 9. The molecule has 1 aromatic heterocycles. The van der Waals surface area contributed by atoms with E-state index in [1.807, 2.05) is 32.0 Å². The van der Waals surface area contributed by atoms with Crippen LogP contribution >= 0.6 is 11.3 Å². The van der Waals surface area contributed by atoms with Gasteiger partial charge in [0.15, 0.2) is 5.13 Å². The quantitative estimate of drug-likeness (QED) is 0.619. The van der Waals surface area contributed by atoms with Crippen molar-refractivity contribution in [2.24, 2.45) is 0 Å². The second-order valence-electron chi connectivity index (χ2n) is 7.59. The van der Waals surface area contributed by atoms with Crippen molar-refractivity contribution in [3.63, 3.8) is 0 Å². The van der Waals surface area contributed by atoms with E-state index in [2.05, 4.69) is 15.6 Å². The Balaban J connectivity index is 1.64. The molecule has 0 bridgehead atoms. The SMILES string of the molecule is Cc1ccc(C)c(N(CC(=O)NCC2CCCO2)C(=O)CCC(=O)Nc2nccs2)c1. The Morgan fingerprint density at radius 1 is 1.23 bits per heavy atom. The van der Waals surface area contributed by atoms with Gasteiger partial charge in [-0.3, -0.25) is 14.4 Å². The molecule has 31 heavy (non-hydrogen) atoms. The van der Waals surface area contributed by atoms with Crippen LogP contribution in [0.1, 0.15) is 36.8 Å². The Hall–Kier alpha value is -2.78. The van der Waals surface area contributed by atoms with Crippen molar-refractivity contribution in [3.8, 4) is 0 Å². The number of benzene rings is 1. The number of hydrogen-bond donors (Lipinski definition) is 2. The molecule has 3 amide bonds. The third-order valence-electron chi connectivity index (χ3n) is 5.05. The molecule has 1 unspecified atom stereocenters. The van der Waals surface area contributed by atoms with Crippen molar-refractivity contribution in [2.75, 3.05) is 29.9 Å². The molecule has 1 atom stereocenters. The van der Waals surface area contributed by atoms with E-state index in [0.29, 0.717) is 17.4 Å². The summed E-state index contributed by atoms with van der Waals surface area (Å²) < 4.78 is 5.54. The van der Waals surface area contributed by atoms with Crippen LogP contribution in [0.25, 0.3) is 0 Å². The van der Waals surface area contributed by atoms with E-state index in [-0.39, 0.29) is 43.2 Å². The number of carbonyl (C=O) groups is 3. The molecule has 1 aliphatic rings. The molecule has 3 rings (SSSR count). The lowest BCUT2D eigenvalue weighted by Crippen LogP contribution is -2.43. The standard InChI is InChI=1S/C22H28N4O4S/c1-15-5-6-16(2)18(12-15)26(14-20(28)24-13-17-4-3-10-30-17)21(29)8-7-19(27)25-22-23-9-11-31-22/h5-6,9,11-12,17H,3-4,7-8,10,13-14H2,1-2H3,(H,24,28)(H,23,25,27). The Kier molecular flexibility index (Phi) is 8.13. The highest BCUT2D eigenvalue weighted by Crippen LogP contribution is 2.23. The van der Waals surface area contributed by atoms with Crippen molar-refractivity contribution < 1.29 is 19.1 Å². The normalized spacial score (nSPS) is 15.5. The predicted octanol–water partition coefficient (Wildman–Crippen LogP) is 2.81. The van der Waals surface area contributed by atoms with Gasteiger partial charge < -0.3 is 20.3 Å². The summed E-state index contributed by atoms with van der Waals surface area (Å²) in [5.41, 5.74) is 2.55. The maximum Gasteiger partial charge on any atom is 0.240 e. The predicted molar refractivity (Wildman–Crippen MR) is 120 cm³/mol. The molecule has 1 fully saturated rings. The highest BCUT2D eigenvalue weighted by atomic mass is 32.1. The zero-order chi connectivity index (χ0) is 22.2. The van der Waals surface area contributed by atoms with Crippen molar-refractivity contribution in [1.29, 1.82) is 0 Å². The first-order valence-corrected chi connectivity index (χ1v) is 11.3. The lowest BCUT2D eigenvalue weighted by atomic mass is 10.1. The van der Waals surface area contributed by atoms with E-state index in [1.165, 1.54) is 16.2 Å². The number of thiazole rings is 1. The Bertz CT molecular complexity index is 910. The highest BCUT2D eigenvalue weighted by molar-refractivity contribution is 7.13. The van der Waals surface area contributed by atoms with Gasteiger partial charge in [0.1, 0.15) is 6.54 Å². The topological polar surface area (TPSA) is 101 Å². The third-order valence-corrected chi connectivity index (χ3v) is 5.74. The number of amides is 3. The fourth-order valence-corrected chi connectivity index (χ4v) is 3.92. The minimum atomic E-state index is -0.285. The molecule has 8 nitrogen and oxygen atoms in total. The van der Waals surface area contributed by atoms with Gasteiger partial charge in [0, 0.05) is 43.3 Å². The Morgan fingerprint density at radius 3 is 2.77 bits per heavy atom. The maximum absolute atomic E-state index is 13.0. The van der Waals surface area contributed by atoms with Gasteiger partial charge in [-0.15, -0.1) is 11.3 Å². The average molecular weight is 445 g/mol. The molecule has 0 spiro atoms. The van der Waals surface area contributed by atoms with Crippen LogP contribution < -0.4 is 15.5 Å². The number of aryl methyl sites for hydroxylation is 2. The van der Waals surface area contributed by atoms with E-state index in [4.69, 9.17) is 4.74 Å². The molecule has 1 saturated heterocycles. The minimum absolute atomic E-state index is 0.0103. The van der Waals surface area contributed by atoms with E-state index >= 15 is 0 Å². The van der Waals surface area contributed by atoms with Crippen molar-refractivity contribution in [2.45, 2.75) is 45.6 Å². The maximum atomic E-state index is 13.0.